The van der Waals surface area contributed by atoms with Crippen LogP contribution in [0.2, 0.25) is 0 Å². The van der Waals surface area contributed by atoms with Crippen molar-refractivity contribution in [2.75, 3.05) is 13.7 Å². The predicted octanol–water partition coefficient (Wildman–Crippen LogP) is 3.08. The Morgan fingerprint density at radius 2 is 1.92 bits per heavy atom. The Morgan fingerprint density at radius 1 is 1.12 bits per heavy atom. The molecule has 0 radical (unpaired) electrons. The fourth-order valence-electron chi connectivity index (χ4n) is 2.42. The highest BCUT2D eigenvalue weighted by Crippen LogP contribution is 2.27. The molecule has 0 saturated carbocycles. The monoisotopic (exact) mass is 350 g/mol. The number of para-hydroxylation sites is 1. The summed E-state index contributed by atoms with van der Waals surface area (Å²) >= 11 is 0. The van der Waals surface area contributed by atoms with E-state index in [0.717, 1.165) is 10.8 Å². The summed E-state index contributed by atoms with van der Waals surface area (Å²) in [7, 11) is 1.46. The molecule has 26 heavy (non-hydrogen) atoms. The zero-order valence-electron chi connectivity index (χ0n) is 14.2. The third-order valence-corrected chi connectivity index (χ3v) is 3.73. The summed E-state index contributed by atoms with van der Waals surface area (Å²) in [6.07, 6.45) is 1.34. The summed E-state index contributed by atoms with van der Waals surface area (Å²) in [5, 5.41) is 15.9. The van der Waals surface area contributed by atoms with Gasteiger partial charge in [0.15, 0.2) is 18.1 Å². The average Bonchev–Trinajstić information content (AvgIpc) is 2.67. The van der Waals surface area contributed by atoms with E-state index in [1.807, 2.05) is 42.5 Å². The second-order valence-electron chi connectivity index (χ2n) is 5.49. The van der Waals surface area contributed by atoms with Crippen molar-refractivity contribution in [3.8, 4) is 17.2 Å². The first-order valence-electron chi connectivity index (χ1n) is 7.97. The average molecular weight is 350 g/mol. The molecule has 0 bridgehead atoms. The summed E-state index contributed by atoms with van der Waals surface area (Å²) in [5.41, 5.74) is 2.79. The van der Waals surface area contributed by atoms with E-state index in [2.05, 4.69) is 10.5 Å². The molecule has 6 nitrogen and oxygen atoms in total. The summed E-state index contributed by atoms with van der Waals surface area (Å²) in [5.74, 6) is 0.491. The molecule has 0 fully saturated rings. The minimum absolute atomic E-state index is 0.0413. The number of methoxy groups -OCH3 is 1. The number of carbonyl (C=O) groups excluding carboxylic acids is 1. The maximum absolute atomic E-state index is 11.8. The fourth-order valence-corrected chi connectivity index (χ4v) is 2.42. The number of benzene rings is 3. The minimum atomic E-state index is -0.406. The Bertz CT molecular complexity index is 953. The lowest BCUT2D eigenvalue weighted by atomic mass is 10.1. The van der Waals surface area contributed by atoms with Crippen LogP contribution in [0, 0.1) is 0 Å². The zero-order valence-corrected chi connectivity index (χ0v) is 14.2. The number of phenols is 1. The van der Waals surface area contributed by atoms with Gasteiger partial charge in [-0.05, 0) is 35.0 Å². The topological polar surface area (TPSA) is 80.2 Å². The van der Waals surface area contributed by atoms with E-state index in [1.54, 1.807) is 18.2 Å². The van der Waals surface area contributed by atoms with Crippen LogP contribution in [0.4, 0.5) is 0 Å². The van der Waals surface area contributed by atoms with Crippen LogP contribution in [-0.4, -0.2) is 30.9 Å². The van der Waals surface area contributed by atoms with Gasteiger partial charge in [-0.2, -0.15) is 5.10 Å². The molecule has 0 aliphatic heterocycles. The summed E-state index contributed by atoms with van der Waals surface area (Å²) in [6.45, 7) is -0.167. The van der Waals surface area contributed by atoms with E-state index in [-0.39, 0.29) is 12.4 Å². The molecule has 0 aromatic heterocycles. The Hall–Kier alpha value is -3.54. The Morgan fingerprint density at radius 3 is 2.73 bits per heavy atom. The van der Waals surface area contributed by atoms with Gasteiger partial charge in [0.05, 0.1) is 13.3 Å². The normalized spacial score (nSPS) is 10.8. The molecule has 0 aliphatic rings. The van der Waals surface area contributed by atoms with Crippen molar-refractivity contribution in [2.24, 2.45) is 5.10 Å². The second kappa shape index (κ2) is 8.02. The highest BCUT2D eigenvalue weighted by atomic mass is 16.5. The Balaban J connectivity index is 1.55. The van der Waals surface area contributed by atoms with Gasteiger partial charge in [0.2, 0.25) is 0 Å². The van der Waals surface area contributed by atoms with Gasteiger partial charge in [-0.15, -0.1) is 0 Å². The molecular formula is C20H18N2O4. The molecule has 0 saturated heterocycles. The standard InChI is InChI=1S/C20H18N2O4/c1-25-18-8-4-7-16(20(18)24)12-21-22-19(23)13-26-17-10-9-14-5-2-3-6-15(14)11-17/h2-12,24H,13H2,1H3,(H,22,23)/b21-12+. The molecule has 1 amide bonds. The quantitative estimate of drug-likeness (QED) is 0.529. The van der Waals surface area contributed by atoms with Gasteiger partial charge < -0.3 is 14.6 Å². The number of aromatic hydroxyl groups is 1. The lowest BCUT2D eigenvalue weighted by Crippen LogP contribution is -2.24. The number of rotatable bonds is 6. The van der Waals surface area contributed by atoms with E-state index in [4.69, 9.17) is 9.47 Å². The first kappa shape index (κ1) is 17.3. The molecule has 3 rings (SSSR count). The molecule has 0 aliphatic carbocycles. The molecule has 3 aromatic rings. The zero-order chi connectivity index (χ0) is 18.4. The smallest absolute Gasteiger partial charge is 0.277 e. The van der Waals surface area contributed by atoms with Crippen LogP contribution < -0.4 is 14.9 Å². The summed E-state index contributed by atoms with van der Waals surface area (Å²) in [6, 6.07) is 18.5. The molecular weight excluding hydrogens is 332 g/mol. The maximum Gasteiger partial charge on any atom is 0.277 e. The summed E-state index contributed by atoms with van der Waals surface area (Å²) < 4.78 is 10.5. The number of amides is 1. The number of phenolic OH excluding ortho intramolecular Hbond substituents is 1. The van der Waals surface area contributed by atoms with Crippen LogP contribution in [0.3, 0.4) is 0 Å². The number of hydrogen-bond acceptors (Lipinski definition) is 5. The summed E-state index contributed by atoms with van der Waals surface area (Å²) in [4.78, 5) is 11.8. The molecule has 6 heteroatoms. The number of nitrogens with one attached hydrogen (secondary N) is 1. The molecule has 0 atom stereocenters. The molecule has 0 heterocycles. The van der Waals surface area contributed by atoms with Gasteiger partial charge in [0, 0.05) is 5.56 Å². The number of hydrazone groups is 1. The van der Waals surface area contributed by atoms with Crippen molar-refractivity contribution in [3.05, 3.63) is 66.2 Å². The van der Waals surface area contributed by atoms with Gasteiger partial charge in [-0.25, -0.2) is 5.43 Å². The van der Waals surface area contributed by atoms with Crippen molar-refractivity contribution in [2.45, 2.75) is 0 Å². The van der Waals surface area contributed by atoms with Crippen molar-refractivity contribution < 1.29 is 19.4 Å². The van der Waals surface area contributed by atoms with Gasteiger partial charge in [-0.3, -0.25) is 4.79 Å². The third kappa shape index (κ3) is 4.10. The van der Waals surface area contributed by atoms with E-state index >= 15 is 0 Å². The van der Waals surface area contributed by atoms with Crippen LogP contribution in [0.25, 0.3) is 10.8 Å². The second-order valence-corrected chi connectivity index (χ2v) is 5.49. The molecule has 0 unspecified atom stereocenters. The largest absolute Gasteiger partial charge is 0.504 e. The van der Waals surface area contributed by atoms with Crippen molar-refractivity contribution in [1.29, 1.82) is 0 Å². The highest BCUT2D eigenvalue weighted by Gasteiger charge is 2.06. The van der Waals surface area contributed by atoms with Gasteiger partial charge >= 0.3 is 0 Å². The van der Waals surface area contributed by atoms with Gasteiger partial charge in [0.1, 0.15) is 5.75 Å². The van der Waals surface area contributed by atoms with Crippen LogP contribution in [0.1, 0.15) is 5.56 Å². The van der Waals surface area contributed by atoms with E-state index in [0.29, 0.717) is 17.1 Å². The number of ether oxygens (including phenoxy) is 2. The number of fused-ring (bicyclic) bond motifs is 1. The van der Waals surface area contributed by atoms with Crippen LogP contribution in [0.5, 0.6) is 17.2 Å². The van der Waals surface area contributed by atoms with E-state index in [9.17, 15) is 9.90 Å². The van der Waals surface area contributed by atoms with Gasteiger partial charge in [0.25, 0.3) is 5.91 Å². The Labute approximate surface area is 150 Å². The lowest BCUT2D eigenvalue weighted by molar-refractivity contribution is -0.123. The van der Waals surface area contributed by atoms with Crippen molar-refractivity contribution in [3.63, 3.8) is 0 Å². The molecule has 2 N–H and O–H groups in total. The highest BCUT2D eigenvalue weighted by molar-refractivity contribution is 5.86. The van der Waals surface area contributed by atoms with Crippen molar-refractivity contribution >= 4 is 22.9 Å². The first-order chi connectivity index (χ1) is 12.7. The molecule has 132 valence electrons. The Kier molecular flexibility index (Phi) is 5.34. The van der Waals surface area contributed by atoms with Crippen molar-refractivity contribution in [1.82, 2.24) is 5.43 Å². The van der Waals surface area contributed by atoms with E-state index in [1.165, 1.54) is 13.3 Å². The van der Waals surface area contributed by atoms with Crippen LogP contribution >= 0.6 is 0 Å². The van der Waals surface area contributed by atoms with Crippen LogP contribution in [0.15, 0.2) is 65.8 Å². The lowest BCUT2D eigenvalue weighted by Gasteiger charge is -2.07. The third-order valence-electron chi connectivity index (χ3n) is 3.73. The first-order valence-corrected chi connectivity index (χ1v) is 7.97. The fraction of sp³-hybridized carbons (Fsp3) is 0.100. The number of carbonyl (C=O) groups is 1. The van der Waals surface area contributed by atoms with E-state index < -0.39 is 5.91 Å². The SMILES string of the molecule is COc1cccc(/C=N/NC(=O)COc2ccc3ccccc3c2)c1O. The van der Waals surface area contributed by atoms with Crippen LogP contribution in [-0.2, 0) is 4.79 Å². The molecule has 3 aromatic carbocycles. The maximum atomic E-state index is 11.8. The number of nitrogens with zero attached hydrogens (tertiary/aromatic N) is 1. The molecule has 0 spiro atoms. The van der Waals surface area contributed by atoms with Gasteiger partial charge in [-0.1, -0.05) is 36.4 Å². The minimum Gasteiger partial charge on any atom is -0.504 e. The number of hydrogen-bond donors (Lipinski definition) is 2. The predicted molar refractivity (Wildman–Crippen MR) is 99.8 cm³/mol.